The minimum Gasteiger partial charge on any atom is -0.455 e. The molecule has 0 saturated carbocycles. The number of rotatable bonds is 6. The molecule has 2 heterocycles. The highest BCUT2D eigenvalue weighted by atomic mass is 32.2. The van der Waals surface area contributed by atoms with Crippen LogP contribution in [0, 0.1) is 0 Å². The Labute approximate surface area is 294 Å². The van der Waals surface area contributed by atoms with Crippen LogP contribution in [-0.2, 0) is 0 Å². The monoisotopic (exact) mass is 658 g/mol. The lowest BCUT2D eigenvalue weighted by Crippen LogP contribution is -2.10. The summed E-state index contributed by atoms with van der Waals surface area (Å²) in [4.78, 5) is 7.04. The third kappa shape index (κ3) is 4.61. The molecule has 0 N–H and O–H groups in total. The van der Waals surface area contributed by atoms with E-state index in [1.165, 1.54) is 31.7 Å². The van der Waals surface area contributed by atoms with E-state index in [-0.39, 0.29) is 0 Å². The largest absolute Gasteiger partial charge is 0.455 e. The summed E-state index contributed by atoms with van der Waals surface area (Å²) in [5.74, 6) is 0. The van der Waals surface area contributed by atoms with E-state index in [1.54, 1.807) is 0 Å². The third-order valence-electron chi connectivity index (χ3n) is 9.62. The summed E-state index contributed by atoms with van der Waals surface area (Å²) in [7, 11) is 0. The molecule has 0 amide bonds. The van der Waals surface area contributed by atoms with E-state index in [1.807, 2.05) is 11.8 Å². The summed E-state index contributed by atoms with van der Waals surface area (Å²) in [5.41, 5.74) is 10.9. The second-order valence-electron chi connectivity index (χ2n) is 12.5. The van der Waals surface area contributed by atoms with E-state index >= 15 is 0 Å². The maximum absolute atomic E-state index is 6.85. The second kappa shape index (κ2) is 11.7. The Morgan fingerprint density at radius 2 is 0.960 bits per heavy atom. The quantitative estimate of drug-likeness (QED) is 0.177. The average molecular weight is 659 g/mol. The van der Waals surface area contributed by atoms with Gasteiger partial charge >= 0.3 is 0 Å². The van der Waals surface area contributed by atoms with Crippen molar-refractivity contribution in [3.63, 3.8) is 0 Å². The van der Waals surface area contributed by atoms with Crippen LogP contribution in [0.5, 0.6) is 0 Å². The number of anilines is 6. The number of furan rings is 1. The van der Waals surface area contributed by atoms with Crippen molar-refractivity contribution in [1.29, 1.82) is 0 Å². The van der Waals surface area contributed by atoms with Crippen molar-refractivity contribution in [3.8, 4) is 11.1 Å². The normalized spacial score (nSPS) is 11.9. The predicted molar refractivity (Wildman–Crippen MR) is 210 cm³/mol. The van der Waals surface area contributed by atoms with Crippen molar-refractivity contribution in [2.24, 2.45) is 0 Å². The molecule has 0 bridgehead atoms. The van der Waals surface area contributed by atoms with Crippen LogP contribution in [0.3, 0.4) is 0 Å². The smallest absolute Gasteiger partial charge is 0.149 e. The standard InChI is InChI=1S/C46H30N2OS/c1-5-14-31(15-6-1)47(32-16-7-2-8-17-32)35-24-25-36-38-26-27-39-37-28-29-41(48(33-18-9-3-10-19-33)34-20-11-4-12-21-34)40-22-13-23-43(44(37)40)50-46(39)45(38)49-42(36)30-35/h1-30H. The number of benzene rings is 8. The fourth-order valence-corrected chi connectivity index (χ4v) is 8.63. The van der Waals surface area contributed by atoms with E-state index in [9.17, 15) is 0 Å². The van der Waals surface area contributed by atoms with E-state index in [0.29, 0.717) is 0 Å². The third-order valence-corrected chi connectivity index (χ3v) is 10.8. The van der Waals surface area contributed by atoms with Crippen LogP contribution in [0.4, 0.5) is 34.1 Å². The Balaban J connectivity index is 1.13. The molecule has 0 atom stereocenters. The number of hydrogen-bond donors (Lipinski definition) is 0. The van der Waals surface area contributed by atoms with Gasteiger partial charge in [0.05, 0.1) is 10.6 Å². The predicted octanol–water partition coefficient (Wildman–Crippen LogP) is 13.8. The molecule has 0 fully saturated rings. The molecule has 0 unspecified atom stereocenters. The molecule has 0 aliphatic carbocycles. The van der Waals surface area contributed by atoms with Crippen LogP contribution in [-0.4, -0.2) is 0 Å². The van der Waals surface area contributed by atoms with Crippen LogP contribution in [0.15, 0.2) is 196 Å². The number of nitrogens with zero attached hydrogens (tertiary/aromatic N) is 2. The SMILES string of the molecule is c1ccc(N(c2ccccc2)c2ccc3c(c2)oc2c4c(ccc23)-c2ccc(N(c3ccccc3)c3ccccc3)c3cccc(c23)S4)cc1. The van der Waals surface area contributed by atoms with Gasteiger partial charge in [0, 0.05) is 66.5 Å². The lowest BCUT2D eigenvalue weighted by atomic mass is 9.95. The minimum absolute atomic E-state index is 0.879. The summed E-state index contributed by atoms with van der Waals surface area (Å²) in [6.07, 6.45) is 0. The average Bonchev–Trinajstić information content (AvgIpc) is 3.56. The fraction of sp³-hybridized carbons (Fsp3) is 0. The van der Waals surface area contributed by atoms with Crippen molar-refractivity contribution >= 4 is 78.6 Å². The van der Waals surface area contributed by atoms with Gasteiger partial charge in [0.2, 0.25) is 0 Å². The Kier molecular flexibility index (Phi) is 6.74. The zero-order valence-electron chi connectivity index (χ0n) is 27.0. The molecule has 236 valence electrons. The van der Waals surface area contributed by atoms with Crippen LogP contribution in [0.1, 0.15) is 0 Å². The van der Waals surface area contributed by atoms with Gasteiger partial charge in [0.1, 0.15) is 11.2 Å². The van der Waals surface area contributed by atoms with Gasteiger partial charge in [-0.2, -0.15) is 0 Å². The molecule has 10 rings (SSSR count). The van der Waals surface area contributed by atoms with E-state index in [2.05, 4.69) is 192 Å². The van der Waals surface area contributed by atoms with Crippen LogP contribution in [0.2, 0.25) is 0 Å². The zero-order valence-corrected chi connectivity index (χ0v) is 27.8. The Bertz CT molecular complexity index is 2590. The van der Waals surface area contributed by atoms with Gasteiger partial charge in [0.25, 0.3) is 0 Å². The fourth-order valence-electron chi connectivity index (χ4n) is 7.41. The van der Waals surface area contributed by atoms with Crippen molar-refractivity contribution in [1.82, 2.24) is 0 Å². The molecule has 0 spiro atoms. The molecule has 8 aromatic carbocycles. The first-order chi connectivity index (χ1) is 24.8. The van der Waals surface area contributed by atoms with Crippen LogP contribution in [0.25, 0.3) is 43.8 Å². The van der Waals surface area contributed by atoms with Crippen LogP contribution < -0.4 is 9.80 Å². The molecular weight excluding hydrogens is 629 g/mol. The van der Waals surface area contributed by atoms with Gasteiger partial charge in [-0.15, -0.1) is 0 Å². The van der Waals surface area contributed by atoms with Crippen molar-refractivity contribution < 1.29 is 4.42 Å². The molecule has 0 radical (unpaired) electrons. The first kappa shape index (κ1) is 28.8. The molecule has 1 aliphatic rings. The van der Waals surface area contributed by atoms with Gasteiger partial charge in [-0.05, 0) is 84.4 Å². The Hall–Kier alpha value is -6.23. The van der Waals surface area contributed by atoms with Gasteiger partial charge in [-0.3, -0.25) is 0 Å². The highest BCUT2D eigenvalue weighted by Crippen LogP contribution is 2.54. The molecule has 9 aromatic rings. The lowest BCUT2D eigenvalue weighted by Gasteiger charge is -2.29. The van der Waals surface area contributed by atoms with Gasteiger partial charge in [-0.25, -0.2) is 0 Å². The van der Waals surface area contributed by atoms with E-state index in [0.717, 1.165) is 56.1 Å². The molecule has 0 saturated heterocycles. The molecule has 1 aromatic heterocycles. The maximum atomic E-state index is 6.85. The number of hydrogen-bond acceptors (Lipinski definition) is 4. The molecular formula is C46H30N2OS. The second-order valence-corrected chi connectivity index (χ2v) is 13.6. The first-order valence-corrected chi connectivity index (χ1v) is 17.7. The van der Waals surface area contributed by atoms with Gasteiger partial charge < -0.3 is 14.2 Å². The lowest BCUT2D eigenvalue weighted by molar-refractivity contribution is 0.661. The highest BCUT2D eigenvalue weighted by Gasteiger charge is 2.26. The van der Waals surface area contributed by atoms with E-state index in [4.69, 9.17) is 4.42 Å². The Morgan fingerprint density at radius 1 is 0.400 bits per heavy atom. The highest BCUT2D eigenvalue weighted by molar-refractivity contribution is 8.00. The molecule has 1 aliphatic heterocycles. The number of fused-ring (bicyclic) bond motifs is 6. The van der Waals surface area contributed by atoms with Crippen LogP contribution >= 0.6 is 11.8 Å². The number of para-hydroxylation sites is 4. The molecule has 50 heavy (non-hydrogen) atoms. The summed E-state index contributed by atoms with van der Waals surface area (Å²) in [6, 6.07) is 64.6. The van der Waals surface area contributed by atoms with Crippen molar-refractivity contribution in [2.75, 3.05) is 9.80 Å². The molecule has 3 nitrogen and oxygen atoms in total. The zero-order chi connectivity index (χ0) is 33.0. The summed E-state index contributed by atoms with van der Waals surface area (Å²) >= 11 is 1.81. The summed E-state index contributed by atoms with van der Waals surface area (Å²) in [5, 5.41) is 4.75. The van der Waals surface area contributed by atoms with E-state index < -0.39 is 0 Å². The van der Waals surface area contributed by atoms with Crippen molar-refractivity contribution in [3.05, 3.63) is 182 Å². The van der Waals surface area contributed by atoms with Gasteiger partial charge in [-0.1, -0.05) is 109 Å². The van der Waals surface area contributed by atoms with Gasteiger partial charge in [0.15, 0.2) is 0 Å². The maximum Gasteiger partial charge on any atom is 0.149 e. The Morgan fingerprint density at radius 3 is 1.58 bits per heavy atom. The topological polar surface area (TPSA) is 19.6 Å². The molecule has 4 heteroatoms. The summed E-state index contributed by atoms with van der Waals surface area (Å²) in [6.45, 7) is 0. The first-order valence-electron chi connectivity index (χ1n) is 16.9. The summed E-state index contributed by atoms with van der Waals surface area (Å²) < 4.78 is 6.85. The minimum atomic E-state index is 0.879. The van der Waals surface area contributed by atoms with Crippen molar-refractivity contribution in [2.45, 2.75) is 9.79 Å².